The molecule has 1 heterocycles. The van der Waals surface area contributed by atoms with Gasteiger partial charge in [-0.2, -0.15) is 0 Å². The summed E-state index contributed by atoms with van der Waals surface area (Å²) in [6.45, 7) is 2.48. The lowest BCUT2D eigenvalue weighted by atomic mass is 10.5. The van der Waals surface area contributed by atoms with Gasteiger partial charge in [0.25, 0.3) is 0 Å². The first-order chi connectivity index (χ1) is 7.59. The third-order valence-corrected chi connectivity index (χ3v) is 5.30. The lowest BCUT2D eigenvalue weighted by molar-refractivity contribution is 0.596. The van der Waals surface area contributed by atoms with Crippen molar-refractivity contribution in [3.63, 3.8) is 0 Å². The van der Waals surface area contributed by atoms with E-state index in [0.717, 1.165) is 11.4 Å². The standard InChI is InChI=1S/C10H16N2O2S2/c1-2-16(13,14)7-10-12-6-9(15-10)5-11-8-3-4-8/h6,8,11H,2-5,7H2,1H3. The molecular weight excluding hydrogens is 244 g/mol. The molecule has 1 saturated carbocycles. The van der Waals surface area contributed by atoms with Crippen LogP contribution in [0.2, 0.25) is 0 Å². The maximum Gasteiger partial charge on any atom is 0.156 e. The Morgan fingerprint density at radius 2 is 2.31 bits per heavy atom. The number of nitrogens with zero attached hydrogens (tertiary/aromatic N) is 1. The minimum atomic E-state index is -2.95. The summed E-state index contributed by atoms with van der Waals surface area (Å²) in [6.07, 6.45) is 4.30. The lowest BCUT2D eigenvalue weighted by Gasteiger charge is -1.98. The highest BCUT2D eigenvalue weighted by Crippen LogP contribution is 2.21. The number of aromatic nitrogens is 1. The van der Waals surface area contributed by atoms with Crippen LogP contribution in [0.1, 0.15) is 29.7 Å². The quantitative estimate of drug-likeness (QED) is 0.838. The predicted molar refractivity (Wildman–Crippen MR) is 65.1 cm³/mol. The molecule has 0 bridgehead atoms. The Balaban J connectivity index is 1.90. The van der Waals surface area contributed by atoms with Gasteiger partial charge in [0.05, 0.1) is 0 Å². The molecule has 1 aliphatic rings. The van der Waals surface area contributed by atoms with Gasteiger partial charge >= 0.3 is 0 Å². The second-order valence-corrected chi connectivity index (χ2v) is 7.60. The van der Waals surface area contributed by atoms with Gasteiger partial charge in [0.2, 0.25) is 0 Å². The average molecular weight is 260 g/mol. The summed E-state index contributed by atoms with van der Waals surface area (Å²) in [4.78, 5) is 5.27. The third-order valence-electron chi connectivity index (χ3n) is 2.53. The molecule has 1 aromatic heterocycles. The molecule has 0 atom stereocenters. The molecule has 0 saturated heterocycles. The molecule has 0 aliphatic heterocycles. The highest BCUT2D eigenvalue weighted by atomic mass is 32.2. The molecule has 0 amide bonds. The minimum absolute atomic E-state index is 0.0809. The molecule has 2 rings (SSSR count). The number of hydrogen-bond acceptors (Lipinski definition) is 5. The van der Waals surface area contributed by atoms with E-state index in [-0.39, 0.29) is 11.5 Å². The zero-order valence-electron chi connectivity index (χ0n) is 9.27. The van der Waals surface area contributed by atoms with Gasteiger partial charge in [-0.25, -0.2) is 13.4 Å². The summed E-state index contributed by atoms with van der Waals surface area (Å²) in [7, 11) is -2.95. The van der Waals surface area contributed by atoms with Crippen molar-refractivity contribution in [2.45, 2.75) is 38.1 Å². The summed E-state index contributed by atoms with van der Waals surface area (Å²) >= 11 is 1.49. The van der Waals surface area contributed by atoms with Crippen LogP contribution >= 0.6 is 11.3 Å². The van der Waals surface area contributed by atoms with Crippen LogP contribution in [0.3, 0.4) is 0 Å². The molecule has 16 heavy (non-hydrogen) atoms. The summed E-state index contributed by atoms with van der Waals surface area (Å²) in [5.74, 6) is 0.264. The Kier molecular flexibility index (Phi) is 3.61. The van der Waals surface area contributed by atoms with Crippen LogP contribution in [0.25, 0.3) is 0 Å². The third kappa shape index (κ3) is 3.54. The van der Waals surface area contributed by atoms with Crippen molar-refractivity contribution in [2.24, 2.45) is 0 Å². The van der Waals surface area contributed by atoms with Gasteiger partial charge in [-0.1, -0.05) is 6.92 Å². The van der Waals surface area contributed by atoms with Crippen LogP contribution in [-0.2, 0) is 22.1 Å². The number of nitrogens with one attached hydrogen (secondary N) is 1. The van der Waals surface area contributed by atoms with Gasteiger partial charge in [0.15, 0.2) is 9.84 Å². The van der Waals surface area contributed by atoms with E-state index in [1.165, 1.54) is 24.2 Å². The summed E-state index contributed by atoms with van der Waals surface area (Å²) in [5, 5.41) is 4.09. The minimum Gasteiger partial charge on any atom is -0.309 e. The molecule has 1 aromatic rings. The van der Waals surface area contributed by atoms with Crippen molar-refractivity contribution in [2.75, 3.05) is 5.75 Å². The van der Waals surface area contributed by atoms with Crippen molar-refractivity contribution in [1.29, 1.82) is 0 Å². The monoisotopic (exact) mass is 260 g/mol. The van der Waals surface area contributed by atoms with Crippen LogP contribution < -0.4 is 5.32 Å². The van der Waals surface area contributed by atoms with E-state index in [0.29, 0.717) is 11.0 Å². The molecule has 0 radical (unpaired) electrons. The van der Waals surface area contributed by atoms with E-state index in [1.54, 1.807) is 13.1 Å². The maximum absolute atomic E-state index is 11.4. The fourth-order valence-corrected chi connectivity index (χ4v) is 3.42. The Bertz CT molecular complexity index is 449. The topological polar surface area (TPSA) is 59.1 Å². The molecule has 90 valence electrons. The van der Waals surface area contributed by atoms with Gasteiger partial charge in [0, 0.05) is 29.4 Å². The van der Waals surface area contributed by atoms with Gasteiger partial charge < -0.3 is 5.32 Å². The van der Waals surface area contributed by atoms with Crippen LogP contribution in [-0.4, -0.2) is 25.2 Å². The summed E-state index contributed by atoms with van der Waals surface area (Å²) in [6, 6.07) is 0.671. The normalized spacial score (nSPS) is 16.6. The Labute approximate surface area is 100 Å². The smallest absolute Gasteiger partial charge is 0.156 e. The molecule has 0 unspecified atom stereocenters. The number of thiazole rings is 1. The zero-order chi connectivity index (χ0) is 11.6. The fraction of sp³-hybridized carbons (Fsp3) is 0.700. The fourth-order valence-electron chi connectivity index (χ4n) is 1.32. The van der Waals surface area contributed by atoms with Crippen LogP contribution in [0.4, 0.5) is 0 Å². The molecular formula is C10H16N2O2S2. The highest BCUT2D eigenvalue weighted by molar-refractivity contribution is 7.90. The van der Waals surface area contributed by atoms with E-state index in [9.17, 15) is 8.42 Å². The van der Waals surface area contributed by atoms with Crippen LogP contribution in [0, 0.1) is 0 Å². The summed E-state index contributed by atoms with van der Waals surface area (Å²) < 4.78 is 22.8. The molecule has 0 spiro atoms. The van der Waals surface area contributed by atoms with E-state index in [2.05, 4.69) is 10.3 Å². The Morgan fingerprint density at radius 3 is 2.94 bits per heavy atom. The van der Waals surface area contributed by atoms with E-state index >= 15 is 0 Å². The number of rotatable bonds is 6. The van der Waals surface area contributed by atoms with Crippen molar-refractivity contribution in [3.8, 4) is 0 Å². The van der Waals surface area contributed by atoms with Gasteiger partial charge in [-0.3, -0.25) is 0 Å². The maximum atomic E-state index is 11.4. The molecule has 4 nitrogen and oxygen atoms in total. The molecule has 0 aromatic carbocycles. The van der Waals surface area contributed by atoms with Gasteiger partial charge in [0.1, 0.15) is 10.8 Å². The molecule has 1 aliphatic carbocycles. The number of sulfone groups is 1. The van der Waals surface area contributed by atoms with Crippen molar-refractivity contribution in [1.82, 2.24) is 10.3 Å². The highest BCUT2D eigenvalue weighted by Gasteiger charge is 2.20. The van der Waals surface area contributed by atoms with E-state index in [1.807, 2.05) is 0 Å². The first-order valence-corrected chi connectivity index (χ1v) is 8.10. The van der Waals surface area contributed by atoms with Crippen molar-refractivity contribution >= 4 is 21.2 Å². The Morgan fingerprint density at radius 1 is 1.56 bits per heavy atom. The molecule has 1 fully saturated rings. The van der Waals surface area contributed by atoms with E-state index < -0.39 is 9.84 Å². The zero-order valence-corrected chi connectivity index (χ0v) is 10.9. The van der Waals surface area contributed by atoms with Gasteiger partial charge in [-0.05, 0) is 12.8 Å². The second kappa shape index (κ2) is 4.81. The van der Waals surface area contributed by atoms with Crippen LogP contribution in [0.15, 0.2) is 6.20 Å². The molecule has 1 N–H and O–H groups in total. The SMILES string of the molecule is CCS(=O)(=O)Cc1ncc(CNC2CC2)s1. The predicted octanol–water partition coefficient (Wildman–Crippen LogP) is 1.33. The second-order valence-electron chi connectivity index (χ2n) is 4.05. The molecule has 6 heteroatoms. The van der Waals surface area contributed by atoms with Crippen molar-refractivity contribution < 1.29 is 8.42 Å². The van der Waals surface area contributed by atoms with Gasteiger partial charge in [-0.15, -0.1) is 11.3 Å². The summed E-state index contributed by atoms with van der Waals surface area (Å²) in [5.41, 5.74) is 0. The first-order valence-electron chi connectivity index (χ1n) is 5.46. The first kappa shape index (κ1) is 12.0. The van der Waals surface area contributed by atoms with E-state index in [4.69, 9.17) is 0 Å². The lowest BCUT2D eigenvalue weighted by Crippen LogP contribution is -2.14. The van der Waals surface area contributed by atoms with Crippen LogP contribution in [0.5, 0.6) is 0 Å². The largest absolute Gasteiger partial charge is 0.309 e. The average Bonchev–Trinajstić information content (AvgIpc) is 2.97. The Hall–Kier alpha value is -0.460. The number of hydrogen-bond donors (Lipinski definition) is 1. The van der Waals surface area contributed by atoms with Crippen molar-refractivity contribution in [3.05, 3.63) is 16.1 Å².